The van der Waals surface area contributed by atoms with E-state index in [0.717, 1.165) is 36.9 Å². The largest absolute Gasteiger partial charge is 0.394 e. The third-order valence-electron chi connectivity index (χ3n) is 3.80. The lowest BCUT2D eigenvalue weighted by molar-refractivity contribution is -0.384. The van der Waals surface area contributed by atoms with Crippen LogP contribution >= 0.6 is 0 Å². The maximum Gasteiger partial charge on any atom is 0.271 e. The number of aryl methyl sites for hydroxylation is 1. The van der Waals surface area contributed by atoms with Gasteiger partial charge in [0.25, 0.3) is 5.69 Å². The van der Waals surface area contributed by atoms with E-state index in [0.29, 0.717) is 0 Å². The molecule has 0 atom stereocenters. The lowest BCUT2D eigenvalue weighted by Gasteiger charge is -2.37. The number of nitrogens with one attached hydrogen (secondary N) is 1. The van der Waals surface area contributed by atoms with Crippen LogP contribution in [-0.2, 0) is 0 Å². The summed E-state index contributed by atoms with van der Waals surface area (Å²) in [6, 6.07) is 4.98. The highest BCUT2D eigenvalue weighted by Crippen LogP contribution is 2.32. The predicted molar refractivity (Wildman–Crippen MR) is 74.4 cm³/mol. The standard InChI is InChI=1S/C14H20N2O3/c1-11-7-12(9-13(8-11)16(18)19)15-14(10-17)5-3-2-4-6-14/h7-9,15,17H,2-6,10H2,1H3. The van der Waals surface area contributed by atoms with E-state index in [1.165, 1.54) is 6.42 Å². The van der Waals surface area contributed by atoms with E-state index >= 15 is 0 Å². The fourth-order valence-corrected chi connectivity index (χ4v) is 2.80. The average molecular weight is 264 g/mol. The fourth-order valence-electron chi connectivity index (χ4n) is 2.80. The molecule has 1 aromatic rings. The molecule has 1 aromatic carbocycles. The Morgan fingerprint density at radius 1 is 1.32 bits per heavy atom. The predicted octanol–water partition coefficient (Wildman–Crippen LogP) is 3.01. The summed E-state index contributed by atoms with van der Waals surface area (Å²) in [7, 11) is 0. The monoisotopic (exact) mass is 264 g/mol. The molecular weight excluding hydrogens is 244 g/mol. The number of hydrogen-bond acceptors (Lipinski definition) is 4. The second kappa shape index (κ2) is 5.57. The number of nitrogens with zero attached hydrogens (tertiary/aromatic N) is 1. The Kier molecular flexibility index (Phi) is 4.04. The molecule has 5 heteroatoms. The lowest BCUT2D eigenvalue weighted by atomic mass is 9.82. The lowest BCUT2D eigenvalue weighted by Crippen LogP contribution is -2.43. The highest BCUT2D eigenvalue weighted by Gasteiger charge is 2.31. The maximum absolute atomic E-state index is 10.9. The normalized spacial score (nSPS) is 18.0. The van der Waals surface area contributed by atoms with Crippen LogP contribution in [0.4, 0.5) is 11.4 Å². The van der Waals surface area contributed by atoms with Gasteiger partial charge in [0.2, 0.25) is 0 Å². The molecular formula is C14H20N2O3. The molecule has 104 valence electrons. The number of aliphatic hydroxyl groups excluding tert-OH is 1. The van der Waals surface area contributed by atoms with Gasteiger partial charge in [-0.15, -0.1) is 0 Å². The van der Waals surface area contributed by atoms with E-state index in [1.807, 2.05) is 13.0 Å². The summed E-state index contributed by atoms with van der Waals surface area (Å²) in [6.45, 7) is 1.90. The van der Waals surface area contributed by atoms with Crippen molar-refractivity contribution in [2.45, 2.75) is 44.6 Å². The average Bonchev–Trinajstić information content (AvgIpc) is 2.39. The molecule has 2 rings (SSSR count). The molecule has 5 nitrogen and oxygen atoms in total. The van der Waals surface area contributed by atoms with E-state index in [9.17, 15) is 15.2 Å². The number of rotatable bonds is 4. The first-order chi connectivity index (χ1) is 9.04. The van der Waals surface area contributed by atoms with Crippen LogP contribution in [0.5, 0.6) is 0 Å². The molecule has 0 saturated heterocycles. The van der Waals surface area contributed by atoms with Gasteiger partial charge in [0, 0.05) is 17.8 Å². The van der Waals surface area contributed by atoms with Crippen LogP contribution in [-0.4, -0.2) is 22.2 Å². The zero-order chi connectivity index (χ0) is 13.9. The number of nitro groups is 1. The van der Waals surface area contributed by atoms with Gasteiger partial charge in [-0.25, -0.2) is 0 Å². The Hall–Kier alpha value is -1.62. The van der Waals surface area contributed by atoms with Gasteiger partial charge in [0.1, 0.15) is 0 Å². The smallest absolute Gasteiger partial charge is 0.271 e. The van der Waals surface area contributed by atoms with E-state index in [1.54, 1.807) is 12.1 Å². The summed E-state index contributed by atoms with van der Waals surface area (Å²) in [6.07, 6.45) is 5.18. The second-order valence-corrected chi connectivity index (χ2v) is 5.44. The van der Waals surface area contributed by atoms with Crippen molar-refractivity contribution >= 4 is 11.4 Å². The number of aliphatic hydroxyl groups is 1. The molecule has 1 fully saturated rings. The van der Waals surface area contributed by atoms with Crippen molar-refractivity contribution in [3.8, 4) is 0 Å². The van der Waals surface area contributed by atoms with Gasteiger partial charge in [-0.3, -0.25) is 10.1 Å². The van der Waals surface area contributed by atoms with Crippen molar-refractivity contribution in [1.82, 2.24) is 0 Å². The molecule has 1 aliphatic rings. The number of benzene rings is 1. The third kappa shape index (κ3) is 3.23. The van der Waals surface area contributed by atoms with E-state index in [2.05, 4.69) is 5.32 Å². The van der Waals surface area contributed by atoms with E-state index < -0.39 is 0 Å². The molecule has 0 amide bonds. The first kappa shape index (κ1) is 13.8. The molecule has 0 radical (unpaired) electrons. The van der Waals surface area contributed by atoms with Gasteiger partial charge in [0.05, 0.1) is 17.1 Å². The SMILES string of the molecule is Cc1cc(NC2(CO)CCCCC2)cc([N+](=O)[O-])c1. The van der Waals surface area contributed by atoms with Gasteiger partial charge < -0.3 is 10.4 Å². The Labute approximate surface area is 112 Å². The van der Waals surface area contributed by atoms with E-state index in [-0.39, 0.29) is 22.8 Å². The molecule has 2 N–H and O–H groups in total. The number of nitro benzene ring substituents is 1. The molecule has 0 heterocycles. The van der Waals surface area contributed by atoms with Crippen molar-refractivity contribution in [2.75, 3.05) is 11.9 Å². The van der Waals surface area contributed by atoms with Crippen LogP contribution in [0.15, 0.2) is 18.2 Å². The Morgan fingerprint density at radius 3 is 2.58 bits per heavy atom. The Bertz CT molecular complexity index is 468. The quantitative estimate of drug-likeness (QED) is 0.647. The Morgan fingerprint density at radius 2 is 2.00 bits per heavy atom. The molecule has 0 aliphatic heterocycles. The molecule has 0 spiro atoms. The number of non-ortho nitro benzene ring substituents is 1. The summed E-state index contributed by atoms with van der Waals surface area (Å²) < 4.78 is 0. The van der Waals surface area contributed by atoms with Gasteiger partial charge in [-0.1, -0.05) is 19.3 Å². The van der Waals surface area contributed by atoms with Crippen molar-refractivity contribution in [2.24, 2.45) is 0 Å². The van der Waals surface area contributed by atoms with Gasteiger partial charge in [-0.2, -0.15) is 0 Å². The minimum absolute atomic E-state index is 0.0642. The van der Waals surface area contributed by atoms with Crippen LogP contribution in [0.2, 0.25) is 0 Å². The molecule has 19 heavy (non-hydrogen) atoms. The maximum atomic E-state index is 10.9. The molecule has 0 bridgehead atoms. The van der Waals surface area contributed by atoms with Crippen LogP contribution in [0.1, 0.15) is 37.7 Å². The summed E-state index contributed by atoms with van der Waals surface area (Å²) in [5.41, 5.74) is 1.34. The van der Waals surface area contributed by atoms with Gasteiger partial charge in [0.15, 0.2) is 0 Å². The zero-order valence-electron chi connectivity index (χ0n) is 11.2. The summed E-state index contributed by atoms with van der Waals surface area (Å²) in [5.74, 6) is 0. The highest BCUT2D eigenvalue weighted by molar-refractivity contribution is 5.55. The molecule has 0 unspecified atom stereocenters. The summed E-state index contributed by atoms with van der Waals surface area (Å²) in [5, 5.41) is 23.9. The van der Waals surface area contributed by atoms with Crippen molar-refractivity contribution in [1.29, 1.82) is 0 Å². The summed E-state index contributed by atoms with van der Waals surface area (Å²) in [4.78, 5) is 10.5. The van der Waals surface area contributed by atoms with Gasteiger partial charge in [-0.05, 0) is 31.4 Å². The van der Waals surface area contributed by atoms with Crippen molar-refractivity contribution < 1.29 is 10.0 Å². The molecule has 1 saturated carbocycles. The molecule has 1 aliphatic carbocycles. The zero-order valence-corrected chi connectivity index (χ0v) is 11.2. The van der Waals surface area contributed by atoms with E-state index in [4.69, 9.17) is 0 Å². The second-order valence-electron chi connectivity index (χ2n) is 5.44. The Balaban J connectivity index is 2.23. The van der Waals surface area contributed by atoms with Gasteiger partial charge >= 0.3 is 0 Å². The number of anilines is 1. The minimum atomic E-state index is -0.384. The first-order valence-corrected chi connectivity index (χ1v) is 6.70. The van der Waals surface area contributed by atoms with Crippen LogP contribution in [0.25, 0.3) is 0 Å². The number of hydrogen-bond donors (Lipinski definition) is 2. The molecule has 0 aromatic heterocycles. The van der Waals surface area contributed by atoms with Crippen LogP contribution < -0.4 is 5.32 Å². The first-order valence-electron chi connectivity index (χ1n) is 6.70. The van der Waals surface area contributed by atoms with Crippen LogP contribution in [0.3, 0.4) is 0 Å². The summed E-state index contributed by atoms with van der Waals surface area (Å²) >= 11 is 0. The topological polar surface area (TPSA) is 75.4 Å². The highest BCUT2D eigenvalue weighted by atomic mass is 16.6. The fraction of sp³-hybridized carbons (Fsp3) is 0.571. The minimum Gasteiger partial charge on any atom is -0.394 e. The van der Waals surface area contributed by atoms with Crippen molar-refractivity contribution in [3.05, 3.63) is 33.9 Å². The third-order valence-corrected chi connectivity index (χ3v) is 3.80. The van der Waals surface area contributed by atoms with Crippen molar-refractivity contribution in [3.63, 3.8) is 0 Å². The van der Waals surface area contributed by atoms with Crippen LogP contribution in [0, 0.1) is 17.0 Å².